The molecule has 2 unspecified atom stereocenters. The number of carbonyl (C=O) groups is 1. The summed E-state index contributed by atoms with van der Waals surface area (Å²) in [7, 11) is 0. The van der Waals surface area contributed by atoms with Crippen molar-refractivity contribution in [3.63, 3.8) is 0 Å². The third-order valence-electron chi connectivity index (χ3n) is 2.12. The molecule has 0 fully saturated rings. The maximum absolute atomic E-state index is 12.6. The van der Waals surface area contributed by atoms with E-state index in [-0.39, 0.29) is 12.2 Å². The van der Waals surface area contributed by atoms with E-state index in [0.29, 0.717) is 5.56 Å². The number of carboxylic acid groups (broad SMARTS) is 1. The van der Waals surface area contributed by atoms with Crippen LogP contribution in [0.5, 0.6) is 0 Å². The van der Waals surface area contributed by atoms with E-state index in [4.69, 9.17) is 16.6 Å². The second-order valence-electron chi connectivity index (χ2n) is 3.34. The predicted octanol–water partition coefficient (Wildman–Crippen LogP) is 0.627. The van der Waals surface area contributed by atoms with Gasteiger partial charge in [0.1, 0.15) is 11.9 Å². The molecule has 1 aromatic carbocycles. The van der Waals surface area contributed by atoms with E-state index in [0.717, 1.165) is 0 Å². The van der Waals surface area contributed by atoms with Gasteiger partial charge in [0.2, 0.25) is 0 Å². The summed E-state index contributed by atoms with van der Waals surface area (Å²) in [5.41, 5.74) is 11.7. The van der Waals surface area contributed by atoms with Crippen molar-refractivity contribution < 1.29 is 14.3 Å². The Labute approximate surface area is 86.7 Å². The highest BCUT2D eigenvalue weighted by molar-refractivity contribution is 5.73. The largest absolute Gasteiger partial charge is 0.480 e. The zero-order chi connectivity index (χ0) is 11.4. The van der Waals surface area contributed by atoms with Gasteiger partial charge in [0.05, 0.1) is 0 Å². The van der Waals surface area contributed by atoms with Crippen molar-refractivity contribution in [2.24, 2.45) is 11.5 Å². The predicted molar refractivity (Wildman–Crippen MR) is 53.6 cm³/mol. The summed E-state index contributed by atoms with van der Waals surface area (Å²) in [6.07, 6.45) is 0.126. The first kappa shape index (κ1) is 11.6. The molecular weight excluding hydrogens is 199 g/mol. The number of hydrogen-bond acceptors (Lipinski definition) is 3. The summed E-state index contributed by atoms with van der Waals surface area (Å²) >= 11 is 0. The van der Waals surface area contributed by atoms with Gasteiger partial charge in [-0.15, -0.1) is 0 Å². The van der Waals surface area contributed by atoms with E-state index >= 15 is 0 Å². The van der Waals surface area contributed by atoms with Gasteiger partial charge in [0.25, 0.3) is 0 Å². The maximum Gasteiger partial charge on any atom is 0.320 e. The average molecular weight is 212 g/mol. The summed E-state index contributed by atoms with van der Waals surface area (Å²) in [5.74, 6) is -1.44. The van der Waals surface area contributed by atoms with Crippen molar-refractivity contribution in [3.05, 3.63) is 35.6 Å². The molecule has 2 atom stereocenters. The molecule has 0 aromatic heterocycles. The van der Waals surface area contributed by atoms with Crippen LogP contribution < -0.4 is 11.5 Å². The first-order chi connectivity index (χ1) is 7.00. The summed E-state index contributed by atoms with van der Waals surface area (Å²) in [5, 5.41) is 8.58. The van der Waals surface area contributed by atoms with Crippen LogP contribution in [0, 0.1) is 5.82 Å². The molecule has 15 heavy (non-hydrogen) atoms. The molecule has 0 heterocycles. The number of nitrogens with two attached hydrogens (primary N) is 2. The molecule has 82 valence electrons. The van der Waals surface area contributed by atoms with Crippen molar-refractivity contribution in [1.82, 2.24) is 0 Å². The first-order valence-corrected chi connectivity index (χ1v) is 4.50. The van der Waals surface area contributed by atoms with Crippen LogP contribution in [0.4, 0.5) is 4.39 Å². The van der Waals surface area contributed by atoms with Gasteiger partial charge in [-0.25, -0.2) is 4.39 Å². The lowest BCUT2D eigenvalue weighted by atomic mass is 10.0. The average Bonchev–Trinajstić information content (AvgIpc) is 2.18. The molecule has 5 heteroatoms. The Bertz CT molecular complexity index is 340. The standard InChI is InChI=1S/C10H13FN2O2/c11-7-3-1-6(2-4-7)8(12)5-9(13)10(14)15/h1-4,8-9H,5,12-13H2,(H,14,15). The molecule has 0 saturated heterocycles. The molecule has 1 aromatic rings. The van der Waals surface area contributed by atoms with Gasteiger partial charge < -0.3 is 16.6 Å². The van der Waals surface area contributed by atoms with Gasteiger partial charge in [-0.05, 0) is 24.1 Å². The van der Waals surface area contributed by atoms with Crippen molar-refractivity contribution in [3.8, 4) is 0 Å². The fourth-order valence-corrected chi connectivity index (χ4v) is 1.22. The minimum Gasteiger partial charge on any atom is -0.480 e. The van der Waals surface area contributed by atoms with Gasteiger partial charge in [-0.2, -0.15) is 0 Å². The van der Waals surface area contributed by atoms with Crippen LogP contribution in [0.15, 0.2) is 24.3 Å². The van der Waals surface area contributed by atoms with E-state index in [2.05, 4.69) is 0 Å². The van der Waals surface area contributed by atoms with Gasteiger partial charge in [-0.1, -0.05) is 12.1 Å². The lowest BCUT2D eigenvalue weighted by molar-refractivity contribution is -0.138. The van der Waals surface area contributed by atoms with Crippen LogP contribution in [0.25, 0.3) is 0 Å². The van der Waals surface area contributed by atoms with Gasteiger partial charge in [0.15, 0.2) is 0 Å². The summed E-state index contributed by atoms with van der Waals surface area (Å²) < 4.78 is 12.6. The Hall–Kier alpha value is -1.46. The maximum atomic E-state index is 12.6. The SMILES string of the molecule is NC(CC(N)c1ccc(F)cc1)C(=O)O. The minimum absolute atomic E-state index is 0.126. The fourth-order valence-electron chi connectivity index (χ4n) is 1.22. The van der Waals surface area contributed by atoms with Gasteiger partial charge in [-0.3, -0.25) is 4.79 Å². The number of benzene rings is 1. The first-order valence-electron chi connectivity index (χ1n) is 4.50. The zero-order valence-corrected chi connectivity index (χ0v) is 8.06. The fraction of sp³-hybridized carbons (Fsp3) is 0.300. The Morgan fingerprint density at radius 2 is 1.87 bits per heavy atom. The van der Waals surface area contributed by atoms with Crippen LogP contribution >= 0.6 is 0 Å². The third kappa shape index (κ3) is 3.30. The van der Waals surface area contributed by atoms with E-state index in [1.807, 2.05) is 0 Å². The molecule has 0 bridgehead atoms. The monoisotopic (exact) mass is 212 g/mol. The molecule has 0 aliphatic carbocycles. The molecule has 1 rings (SSSR count). The number of hydrogen-bond donors (Lipinski definition) is 3. The highest BCUT2D eigenvalue weighted by Gasteiger charge is 2.16. The van der Waals surface area contributed by atoms with Crippen LogP contribution in [-0.4, -0.2) is 17.1 Å². The summed E-state index contributed by atoms with van der Waals surface area (Å²) in [6, 6.07) is 4.12. The molecule has 0 radical (unpaired) electrons. The van der Waals surface area contributed by atoms with Crippen LogP contribution in [0.1, 0.15) is 18.0 Å². The van der Waals surface area contributed by atoms with Gasteiger partial charge in [0, 0.05) is 6.04 Å². The summed E-state index contributed by atoms with van der Waals surface area (Å²) in [4.78, 5) is 10.5. The van der Waals surface area contributed by atoms with Gasteiger partial charge >= 0.3 is 5.97 Å². The lowest BCUT2D eigenvalue weighted by Gasteiger charge is -2.14. The van der Waals surface area contributed by atoms with Crippen molar-refractivity contribution in [2.75, 3.05) is 0 Å². The Balaban J connectivity index is 2.64. The quantitative estimate of drug-likeness (QED) is 0.682. The minimum atomic E-state index is -1.09. The van der Waals surface area contributed by atoms with Crippen LogP contribution in [0.2, 0.25) is 0 Å². The van der Waals surface area contributed by atoms with E-state index < -0.39 is 18.1 Å². The topological polar surface area (TPSA) is 89.3 Å². The van der Waals surface area contributed by atoms with Crippen molar-refractivity contribution >= 4 is 5.97 Å². The molecule has 0 saturated carbocycles. The second-order valence-corrected chi connectivity index (χ2v) is 3.34. The lowest BCUT2D eigenvalue weighted by Crippen LogP contribution is -2.33. The highest BCUT2D eigenvalue weighted by atomic mass is 19.1. The molecule has 0 amide bonds. The van der Waals surface area contributed by atoms with E-state index in [1.54, 1.807) is 0 Å². The third-order valence-corrected chi connectivity index (χ3v) is 2.12. The summed E-state index contributed by atoms with van der Waals surface area (Å²) in [6.45, 7) is 0. The number of aliphatic carboxylic acids is 1. The second kappa shape index (κ2) is 4.86. The van der Waals surface area contributed by atoms with Crippen molar-refractivity contribution in [2.45, 2.75) is 18.5 Å². The molecule has 4 nitrogen and oxygen atoms in total. The Morgan fingerprint density at radius 3 is 2.33 bits per heavy atom. The molecule has 0 aliphatic heterocycles. The molecular formula is C10H13FN2O2. The normalized spacial score (nSPS) is 14.6. The highest BCUT2D eigenvalue weighted by Crippen LogP contribution is 2.15. The number of halogens is 1. The van der Waals surface area contributed by atoms with Crippen molar-refractivity contribution in [1.29, 1.82) is 0 Å². The Morgan fingerprint density at radius 1 is 1.33 bits per heavy atom. The number of rotatable bonds is 4. The van der Waals surface area contributed by atoms with E-state index in [9.17, 15) is 9.18 Å². The van der Waals surface area contributed by atoms with Crippen LogP contribution in [0.3, 0.4) is 0 Å². The van der Waals surface area contributed by atoms with Crippen LogP contribution in [-0.2, 0) is 4.79 Å². The molecule has 5 N–H and O–H groups in total. The molecule has 0 spiro atoms. The zero-order valence-electron chi connectivity index (χ0n) is 8.06. The van der Waals surface area contributed by atoms with E-state index in [1.165, 1.54) is 24.3 Å². The number of carboxylic acids is 1. The Kier molecular flexibility index (Phi) is 3.76. The molecule has 0 aliphatic rings. The smallest absolute Gasteiger partial charge is 0.320 e.